The van der Waals surface area contributed by atoms with Gasteiger partial charge in [-0.15, -0.1) is 0 Å². The fourth-order valence-electron chi connectivity index (χ4n) is 4.86. The summed E-state index contributed by atoms with van der Waals surface area (Å²) in [6.45, 7) is 0. The predicted molar refractivity (Wildman–Crippen MR) is 156 cm³/mol. The Labute approximate surface area is 270 Å². The van der Waals surface area contributed by atoms with E-state index in [4.69, 9.17) is 0 Å². The number of alkyl halides is 15. The molecule has 18 heteroatoms. The first-order valence-electron chi connectivity index (χ1n) is 13.2. The average Bonchev–Trinajstić information content (AvgIpc) is 3.01. The van der Waals surface area contributed by atoms with Gasteiger partial charge in [-0.1, -0.05) is 72.8 Å². The molecule has 0 saturated heterocycles. The van der Waals surface area contributed by atoms with Crippen molar-refractivity contribution in [3.8, 4) is 0 Å². The molecule has 4 rings (SSSR count). The summed E-state index contributed by atoms with van der Waals surface area (Å²) < 4.78 is 162. The quantitative estimate of drug-likeness (QED) is 0.0993. The summed E-state index contributed by atoms with van der Waals surface area (Å²) >= 11 is -10.7. The van der Waals surface area contributed by atoms with Gasteiger partial charge in [0.2, 0.25) is 0 Å². The van der Waals surface area contributed by atoms with Crippen LogP contribution in [0.25, 0.3) is 0 Å². The van der Waals surface area contributed by atoms with Crippen molar-refractivity contribution in [1.82, 2.24) is 0 Å². The third kappa shape index (κ3) is 6.69. The summed E-state index contributed by atoms with van der Waals surface area (Å²) in [4.78, 5) is 0. The first-order valence-corrected chi connectivity index (χ1v) is 21.8. The number of hydrogen-bond donors (Lipinski definition) is 0. The normalized spacial score (nSPS) is 13.8. The first-order chi connectivity index (χ1) is 21.9. The molecule has 0 bridgehead atoms. The van der Waals surface area contributed by atoms with Gasteiger partial charge in [0.1, 0.15) is 28.5 Å². The second kappa shape index (κ2) is 13.8. The van der Waals surface area contributed by atoms with Crippen molar-refractivity contribution in [1.29, 1.82) is 0 Å². The molecule has 260 valence electrons. The molecule has 0 unspecified atom stereocenters. The van der Waals surface area contributed by atoms with Crippen LogP contribution in [-0.2, 0) is 0 Å². The minimum absolute atomic E-state index is 1.39. The summed E-state index contributed by atoms with van der Waals surface area (Å²) in [6, 6.07) is 43.8. The van der Waals surface area contributed by atoms with Gasteiger partial charge < -0.3 is 0 Å². The summed E-state index contributed by atoms with van der Waals surface area (Å²) in [7, 11) is 1.76. The predicted octanol–water partition coefficient (Wildman–Crippen LogP) is 9.69. The summed E-state index contributed by atoms with van der Waals surface area (Å²) in [5.41, 5.74) is 0. The van der Waals surface area contributed by atoms with Crippen LogP contribution in [0.5, 0.6) is 0 Å². The molecule has 4 aromatic rings. The molecule has 0 aliphatic carbocycles. The minimum atomic E-state index is -10.7. The molecule has 0 N–H and O–H groups in total. The van der Waals surface area contributed by atoms with Crippen molar-refractivity contribution in [3.63, 3.8) is 0 Å². The Kier molecular flexibility index (Phi) is 11.4. The van der Waals surface area contributed by atoms with E-state index in [9.17, 15) is 65.9 Å². The van der Waals surface area contributed by atoms with Crippen LogP contribution >= 0.6 is 16.9 Å². The van der Waals surface area contributed by atoms with Gasteiger partial charge >= 0.3 is 121 Å². The van der Waals surface area contributed by atoms with Crippen LogP contribution in [0.3, 0.4) is 0 Å². The Bertz CT molecular complexity index is 1380. The molecule has 4 aromatic carbocycles. The van der Waals surface area contributed by atoms with Crippen LogP contribution in [0.1, 0.15) is 0 Å². The topological polar surface area (TPSA) is 0 Å². The van der Waals surface area contributed by atoms with E-state index in [1.165, 1.54) is 21.2 Å². The van der Waals surface area contributed by atoms with Gasteiger partial charge in [0.25, 0.3) is 0 Å². The molecular weight excluding hydrogens is 781 g/mol. The Balaban J connectivity index is 0.000000262. The smallest absolute Gasteiger partial charge is 0.0620 e. The Morgan fingerprint density at radius 1 is 0.333 bits per heavy atom. The van der Waals surface area contributed by atoms with E-state index in [1.807, 2.05) is 0 Å². The van der Waals surface area contributed by atoms with E-state index < -0.39 is 53.2 Å². The molecule has 0 saturated carbocycles. The summed E-state index contributed by atoms with van der Waals surface area (Å²) in [5.74, 6) is 0. The molecule has 0 heterocycles. The molecule has 0 radical (unpaired) electrons. The van der Waals surface area contributed by atoms with Crippen LogP contribution in [0.15, 0.2) is 121 Å². The van der Waals surface area contributed by atoms with Crippen molar-refractivity contribution < 1.29 is 65.9 Å². The number of benzene rings is 4. The van der Waals surface area contributed by atoms with Crippen LogP contribution in [0, 0.1) is 0 Å². The molecule has 48 heavy (non-hydrogen) atoms. The molecule has 0 fully saturated rings. The Morgan fingerprint density at radius 2 is 0.500 bits per heavy atom. The van der Waals surface area contributed by atoms with E-state index in [0.717, 1.165) is 0 Å². The minimum Gasteiger partial charge on any atom is -0.0620 e. The summed E-state index contributed by atoms with van der Waals surface area (Å²) in [5, 5.41) is 5.55. The van der Waals surface area contributed by atoms with Crippen LogP contribution in [-0.4, -0.2) is 46.0 Å². The third-order valence-corrected chi connectivity index (χ3v) is 24.1. The van der Waals surface area contributed by atoms with Gasteiger partial charge in [-0.25, -0.2) is 0 Å². The van der Waals surface area contributed by atoms with Crippen LogP contribution < -0.4 is 21.2 Å². The van der Waals surface area contributed by atoms with Crippen molar-refractivity contribution in [3.05, 3.63) is 121 Å². The van der Waals surface area contributed by atoms with E-state index >= 15 is 0 Å². The van der Waals surface area contributed by atoms with Gasteiger partial charge in [0.05, 0.1) is 0 Å². The second-order valence-electron chi connectivity index (χ2n) is 10.1. The SMILES string of the molecule is FC(F)(F)[C](F)(F)[Ga-]([Cl])([C](F)(F)C(F)(F)F)[C](F)(F)C(F)(F)F.c1ccc([P+](c2ccccc2)(c2ccccc2)c2ccccc2)cc1. The second-order valence-corrected chi connectivity index (χ2v) is 24.7. The van der Waals surface area contributed by atoms with E-state index in [0.29, 0.717) is 0 Å². The molecule has 0 spiro atoms. The molecule has 0 nitrogen and oxygen atoms in total. The molecule has 0 atom stereocenters. The maximum Gasteiger partial charge on any atom is 0.144 e. The largest absolute Gasteiger partial charge is 0.144 e. The zero-order valence-electron chi connectivity index (χ0n) is 23.6. The van der Waals surface area contributed by atoms with Crippen molar-refractivity contribution in [2.24, 2.45) is 0 Å². The third-order valence-electron chi connectivity index (χ3n) is 7.21. The van der Waals surface area contributed by atoms with Crippen molar-refractivity contribution >= 4 is 52.1 Å². The van der Waals surface area contributed by atoms with E-state index in [1.54, 1.807) is 0 Å². The maximum absolute atomic E-state index is 12.9. The van der Waals surface area contributed by atoms with E-state index in [-0.39, 0.29) is 0 Å². The number of hydrogen-bond acceptors (Lipinski definition) is 0. The van der Waals surface area contributed by atoms with E-state index in [2.05, 4.69) is 131 Å². The molecule has 0 aliphatic rings. The zero-order chi connectivity index (χ0) is 36.5. The van der Waals surface area contributed by atoms with Gasteiger partial charge in [-0.3, -0.25) is 0 Å². The van der Waals surface area contributed by atoms with Crippen molar-refractivity contribution in [2.75, 3.05) is 0 Å². The van der Waals surface area contributed by atoms with Crippen LogP contribution in [0.4, 0.5) is 65.9 Å². The van der Waals surface area contributed by atoms with Crippen molar-refractivity contribution in [2.45, 2.75) is 32.0 Å². The fourth-order valence-corrected chi connectivity index (χ4v) is 16.8. The number of halogens is 16. The number of rotatable bonds is 7. The summed E-state index contributed by atoms with van der Waals surface area (Å²) in [6.07, 6.45) is -22.8. The van der Waals surface area contributed by atoms with Gasteiger partial charge in [-0.05, 0) is 48.5 Å². The first kappa shape index (κ1) is 39.6. The zero-order valence-corrected chi connectivity index (χ0v) is 27.7. The Hall–Kier alpha value is -2.81. The average molecular weight is 802 g/mol. The van der Waals surface area contributed by atoms with Gasteiger partial charge in [0.15, 0.2) is 0 Å². The Morgan fingerprint density at radius 3 is 0.646 bits per heavy atom. The maximum atomic E-state index is 12.9. The fraction of sp³-hybridized carbons (Fsp3) is 0.200. The van der Waals surface area contributed by atoms with Crippen LogP contribution in [0.2, 0.25) is 0 Å². The standard InChI is InChI=1S/C24H20P.3C2F5.ClH.Ga/c1-5-13-21(14-6-1)25(22-15-7-2-8-16-22,23-17-9-3-10-18-23)24-19-11-4-12-20-24;3*3-1(4)2(5,6)7;;/h1-20H;;;;1H;/q+1;;;;;/p-1. The molecule has 0 aliphatic heterocycles. The van der Waals surface area contributed by atoms with Gasteiger partial charge in [0, 0.05) is 0 Å². The van der Waals surface area contributed by atoms with Gasteiger partial charge in [-0.2, -0.15) is 0 Å². The molecule has 0 aromatic heterocycles. The molecule has 0 amide bonds. The molecular formula is C30H20ClF15GaP. The monoisotopic (exact) mass is 800 g/mol.